The maximum Gasteiger partial charge on any atom is 0.238 e. The number of carbonyl (C=O) groups is 1. The summed E-state index contributed by atoms with van der Waals surface area (Å²) in [4.78, 5) is 21.2. The van der Waals surface area contributed by atoms with Crippen LogP contribution in [0.2, 0.25) is 0 Å². The lowest BCUT2D eigenvalue weighted by Crippen LogP contribution is -2.11. The van der Waals surface area contributed by atoms with Gasteiger partial charge in [-0.05, 0) is 41.5 Å². The van der Waals surface area contributed by atoms with E-state index in [9.17, 15) is 13.2 Å². The highest BCUT2D eigenvalue weighted by molar-refractivity contribution is 7.99. The minimum absolute atomic E-state index is 0.0137. The monoisotopic (exact) mass is 476 g/mol. The van der Waals surface area contributed by atoms with E-state index in [0.717, 1.165) is 11.1 Å². The summed E-state index contributed by atoms with van der Waals surface area (Å²) in [5, 5.41) is 8.65. The fourth-order valence-electron chi connectivity index (χ4n) is 3.05. The van der Waals surface area contributed by atoms with E-state index in [4.69, 9.17) is 5.14 Å². The van der Waals surface area contributed by atoms with Crippen molar-refractivity contribution < 1.29 is 13.2 Å². The van der Waals surface area contributed by atoms with Crippen LogP contribution < -0.4 is 10.5 Å². The molecule has 0 aliphatic carbocycles. The van der Waals surface area contributed by atoms with Crippen LogP contribution in [0.1, 0.15) is 10.4 Å². The van der Waals surface area contributed by atoms with Crippen LogP contribution in [0.15, 0.2) is 101 Å². The Kier molecular flexibility index (Phi) is 6.83. The predicted octanol–water partition coefficient (Wildman–Crippen LogP) is 4.51. The van der Waals surface area contributed by atoms with Crippen molar-refractivity contribution in [2.24, 2.45) is 5.14 Å². The van der Waals surface area contributed by atoms with Crippen LogP contribution >= 0.6 is 11.8 Å². The lowest BCUT2D eigenvalue weighted by atomic mass is 10.0. The molecule has 0 radical (unpaired) electrons. The van der Waals surface area contributed by atoms with Crippen LogP contribution in [0, 0.1) is 0 Å². The Morgan fingerprint density at radius 3 is 2.21 bits per heavy atom. The summed E-state index contributed by atoms with van der Waals surface area (Å²) in [6, 6.07) is 25.2. The number of benzene rings is 3. The Morgan fingerprint density at radius 2 is 1.55 bits per heavy atom. The van der Waals surface area contributed by atoms with Crippen molar-refractivity contribution in [3.63, 3.8) is 0 Å². The molecular formula is C24H20N4O3S2. The third-order valence-corrected chi connectivity index (χ3v) is 6.53. The Hall–Kier alpha value is -3.53. The predicted molar refractivity (Wildman–Crippen MR) is 130 cm³/mol. The van der Waals surface area contributed by atoms with Gasteiger partial charge in [-0.3, -0.25) is 4.79 Å². The van der Waals surface area contributed by atoms with Crippen molar-refractivity contribution in [2.75, 3.05) is 11.1 Å². The second-order valence-electron chi connectivity index (χ2n) is 7.07. The van der Waals surface area contributed by atoms with E-state index in [0.29, 0.717) is 22.2 Å². The Bertz CT molecular complexity index is 1360. The van der Waals surface area contributed by atoms with Gasteiger partial charge in [-0.1, -0.05) is 66.4 Å². The van der Waals surface area contributed by atoms with Crippen LogP contribution in [0.3, 0.4) is 0 Å². The maximum atomic E-state index is 12.6. The number of hydrogen-bond acceptors (Lipinski definition) is 7. The van der Waals surface area contributed by atoms with Crippen LogP contribution in [0.25, 0.3) is 11.1 Å². The van der Waals surface area contributed by atoms with E-state index >= 15 is 0 Å². The van der Waals surface area contributed by atoms with Gasteiger partial charge in [0.05, 0.1) is 10.6 Å². The first-order valence-corrected chi connectivity index (χ1v) is 12.5. The highest BCUT2D eigenvalue weighted by Gasteiger charge is 2.10. The Balaban J connectivity index is 1.37. The van der Waals surface area contributed by atoms with Gasteiger partial charge in [0.2, 0.25) is 10.0 Å². The third-order valence-electron chi connectivity index (χ3n) is 4.74. The fraction of sp³-hybridized carbons (Fsp3) is 0.0417. The minimum atomic E-state index is -3.74. The lowest BCUT2D eigenvalue weighted by Gasteiger charge is -2.08. The summed E-state index contributed by atoms with van der Waals surface area (Å²) in [6.45, 7) is 0. The summed E-state index contributed by atoms with van der Waals surface area (Å²) in [7, 11) is -3.74. The zero-order valence-electron chi connectivity index (χ0n) is 17.4. The molecule has 1 heterocycles. The van der Waals surface area contributed by atoms with Gasteiger partial charge in [0.15, 0.2) is 10.9 Å². The molecular weight excluding hydrogens is 456 g/mol. The van der Waals surface area contributed by atoms with E-state index in [1.54, 1.807) is 24.4 Å². The van der Waals surface area contributed by atoms with E-state index in [2.05, 4.69) is 15.3 Å². The number of aromatic nitrogens is 2. The number of thioether (sulfide) groups is 1. The second kappa shape index (κ2) is 9.95. The van der Waals surface area contributed by atoms with Crippen molar-refractivity contribution in [3.05, 3.63) is 96.7 Å². The molecule has 0 bridgehead atoms. The molecule has 1 aromatic heterocycles. The highest BCUT2D eigenvalue weighted by Crippen LogP contribution is 2.22. The molecule has 0 aliphatic rings. The number of rotatable bonds is 8. The van der Waals surface area contributed by atoms with Gasteiger partial charge in [0, 0.05) is 17.4 Å². The number of sulfonamides is 1. The standard InChI is InChI=1S/C24H20N4O3S2/c25-33(30,31)21-12-10-20(11-13-21)27-23-14-15-26-24(28-23)32-16-22(29)19-8-6-18(7-9-19)17-4-2-1-3-5-17/h1-15H,16H2,(H2,25,30,31)(H,26,27,28). The van der Waals surface area contributed by atoms with Crippen LogP contribution in [0.4, 0.5) is 11.5 Å². The average Bonchev–Trinajstić information content (AvgIpc) is 2.83. The summed E-state index contributed by atoms with van der Waals surface area (Å²) in [5.41, 5.74) is 3.43. The first-order chi connectivity index (χ1) is 15.9. The molecule has 0 spiro atoms. The van der Waals surface area contributed by atoms with Crippen molar-refractivity contribution in [3.8, 4) is 11.1 Å². The molecule has 0 fully saturated rings. The zero-order valence-corrected chi connectivity index (χ0v) is 19.0. The molecule has 4 rings (SSSR count). The quantitative estimate of drug-likeness (QED) is 0.218. The smallest absolute Gasteiger partial charge is 0.238 e. The number of Topliss-reactive ketones (excluding diaryl/α,β-unsaturated/α-hetero) is 1. The molecule has 0 amide bonds. The number of nitrogens with one attached hydrogen (secondary N) is 1. The van der Waals surface area contributed by atoms with Crippen LogP contribution in [-0.2, 0) is 10.0 Å². The minimum Gasteiger partial charge on any atom is -0.340 e. The molecule has 7 nitrogen and oxygen atoms in total. The summed E-state index contributed by atoms with van der Waals surface area (Å²) >= 11 is 1.25. The van der Waals surface area contributed by atoms with Gasteiger partial charge in [-0.15, -0.1) is 0 Å². The molecule has 0 atom stereocenters. The number of anilines is 2. The van der Waals surface area contributed by atoms with Crippen molar-refractivity contribution in [1.82, 2.24) is 9.97 Å². The molecule has 4 aromatic rings. The van der Waals surface area contributed by atoms with Gasteiger partial charge >= 0.3 is 0 Å². The molecule has 9 heteroatoms. The van der Waals surface area contributed by atoms with Gasteiger partial charge in [0.1, 0.15) is 5.82 Å². The number of primary sulfonamides is 1. The first-order valence-electron chi connectivity index (χ1n) is 9.93. The van der Waals surface area contributed by atoms with Crippen LogP contribution in [0.5, 0.6) is 0 Å². The van der Waals surface area contributed by atoms with E-state index in [1.807, 2.05) is 54.6 Å². The van der Waals surface area contributed by atoms with Crippen molar-refractivity contribution in [2.45, 2.75) is 10.1 Å². The van der Waals surface area contributed by atoms with E-state index in [-0.39, 0.29) is 16.4 Å². The average molecular weight is 477 g/mol. The molecule has 0 saturated carbocycles. The summed E-state index contributed by atoms with van der Waals surface area (Å²) in [6.07, 6.45) is 1.59. The highest BCUT2D eigenvalue weighted by atomic mass is 32.2. The molecule has 3 aromatic carbocycles. The van der Waals surface area contributed by atoms with E-state index < -0.39 is 10.0 Å². The molecule has 3 N–H and O–H groups in total. The van der Waals surface area contributed by atoms with E-state index in [1.165, 1.54) is 23.9 Å². The van der Waals surface area contributed by atoms with Crippen molar-refractivity contribution >= 4 is 39.1 Å². The number of carbonyl (C=O) groups excluding carboxylic acids is 1. The number of nitrogens with zero attached hydrogens (tertiary/aromatic N) is 2. The molecule has 0 unspecified atom stereocenters. The number of nitrogens with two attached hydrogens (primary N) is 1. The maximum absolute atomic E-state index is 12.6. The molecule has 0 saturated heterocycles. The van der Waals surface area contributed by atoms with Gasteiger partial charge in [0.25, 0.3) is 0 Å². The van der Waals surface area contributed by atoms with Crippen molar-refractivity contribution in [1.29, 1.82) is 0 Å². The second-order valence-corrected chi connectivity index (χ2v) is 9.58. The number of hydrogen-bond donors (Lipinski definition) is 2. The molecule has 33 heavy (non-hydrogen) atoms. The third kappa shape index (κ3) is 6.04. The molecule has 0 aliphatic heterocycles. The lowest BCUT2D eigenvalue weighted by molar-refractivity contribution is 0.102. The first kappa shape index (κ1) is 22.7. The number of ketones is 1. The zero-order chi connectivity index (χ0) is 23.3. The van der Waals surface area contributed by atoms with Gasteiger partial charge in [-0.25, -0.2) is 23.5 Å². The van der Waals surface area contributed by atoms with Gasteiger partial charge in [-0.2, -0.15) is 0 Å². The molecule has 166 valence electrons. The van der Waals surface area contributed by atoms with Crippen LogP contribution in [-0.4, -0.2) is 29.9 Å². The Labute approximate surface area is 196 Å². The fourth-order valence-corrected chi connectivity index (χ4v) is 4.29. The summed E-state index contributed by atoms with van der Waals surface area (Å²) < 4.78 is 22.7. The normalized spacial score (nSPS) is 11.2. The Morgan fingerprint density at radius 1 is 0.879 bits per heavy atom. The topological polar surface area (TPSA) is 115 Å². The largest absolute Gasteiger partial charge is 0.340 e. The summed E-state index contributed by atoms with van der Waals surface area (Å²) in [5.74, 6) is 0.715. The van der Waals surface area contributed by atoms with Gasteiger partial charge < -0.3 is 5.32 Å². The SMILES string of the molecule is NS(=O)(=O)c1ccc(Nc2ccnc(SCC(=O)c3ccc(-c4ccccc4)cc3)n2)cc1.